The molecule has 0 aromatic rings. The molecule has 0 amide bonds. The second kappa shape index (κ2) is 4.45. The lowest BCUT2D eigenvalue weighted by molar-refractivity contribution is 0.194. The third kappa shape index (κ3) is 2.01. The fraction of sp³-hybridized carbons (Fsp3) is 0.833. The molecule has 0 spiro atoms. The average molecular weight is 194 g/mol. The van der Waals surface area contributed by atoms with Crippen molar-refractivity contribution >= 4 is 0 Å². The van der Waals surface area contributed by atoms with Gasteiger partial charge in [-0.05, 0) is 37.3 Å². The average Bonchev–Trinajstić information content (AvgIpc) is 2.62. The van der Waals surface area contributed by atoms with Crippen molar-refractivity contribution in [3.63, 3.8) is 0 Å². The zero-order valence-corrected chi connectivity index (χ0v) is 9.04. The van der Waals surface area contributed by atoms with E-state index in [0.717, 1.165) is 18.5 Å². The van der Waals surface area contributed by atoms with Gasteiger partial charge in [-0.25, -0.2) is 0 Å². The van der Waals surface area contributed by atoms with Gasteiger partial charge in [-0.3, -0.25) is 4.90 Å². The molecular formula is C12H22N2. The van der Waals surface area contributed by atoms with E-state index in [0.29, 0.717) is 6.54 Å². The molecule has 0 aromatic carbocycles. The number of hydrogen-bond donors (Lipinski definition) is 1. The van der Waals surface area contributed by atoms with Crippen molar-refractivity contribution in [2.45, 2.75) is 38.1 Å². The molecule has 1 saturated carbocycles. The van der Waals surface area contributed by atoms with Gasteiger partial charge >= 0.3 is 0 Å². The molecule has 0 aromatic heterocycles. The maximum atomic E-state index is 5.59. The number of rotatable bonds is 3. The van der Waals surface area contributed by atoms with Crippen LogP contribution in [0, 0.1) is 5.92 Å². The van der Waals surface area contributed by atoms with Crippen LogP contribution in [0.3, 0.4) is 0 Å². The summed E-state index contributed by atoms with van der Waals surface area (Å²) in [6, 6.07) is 0.854. The summed E-state index contributed by atoms with van der Waals surface area (Å²) in [5.74, 6) is 0.981. The van der Waals surface area contributed by atoms with E-state index in [9.17, 15) is 0 Å². The Labute approximate surface area is 87.2 Å². The van der Waals surface area contributed by atoms with Gasteiger partial charge in [-0.1, -0.05) is 19.4 Å². The van der Waals surface area contributed by atoms with Crippen LogP contribution in [0.25, 0.3) is 0 Å². The first kappa shape index (κ1) is 10.2. The maximum Gasteiger partial charge on any atom is 0.0205 e. The Morgan fingerprint density at radius 1 is 1.29 bits per heavy atom. The Hall–Kier alpha value is -0.340. The minimum absolute atomic E-state index is 0.647. The molecule has 14 heavy (non-hydrogen) atoms. The van der Waals surface area contributed by atoms with E-state index in [1.807, 2.05) is 0 Å². The lowest BCUT2D eigenvalue weighted by atomic mass is 9.85. The molecule has 2 atom stereocenters. The van der Waals surface area contributed by atoms with Gasteiger partial charge in [0.25, 0.3) is 0 Å². The molecule has 2 unspecified atom stereocenters. The zero-order chi connectivity index (χ0) is 9.97. The lowest BCUT2D eigenvalue weighted by Gasteiger charge is -2.32. The minimum Gasteiger partial charge on any atom is -0.327 e. The molecule has 1 aliphatic heterocycles. The van der Waals surface area contributed by atoms with Crippen molar-refractivity contribution < 1.29 is 0 Å². The normalized spacial score (nSPS) is 32.9. The summed E-state index contributed by atoms with van der Waals surface area (Å²) < 4.78 is 0. The van der Waals surface area contributed by atoms with Gasteiger partial charge in [0.2, 0.25) is 0 Å². The van der Waals surface area contributed by atoms with Crippen molar-refractivity contribution in [3.05, 3.63) is 12.2 Å². The van der Waals surface area contributed by atoms with E-state index in [2.05, 4.69) is 11.5 Å². The standard InChI is InChI=1S/C12H22N2/c1-10(8-13)9-14-7-6-11-4-2-3-5-12(11)14/h11-12H,1-9,13H2. The number of nitrogens with zero attached hydrogens (tertiary/aromatic N) is 1. The van der Waals surface area contributed by atoms with Crippen LogP contribution in [0.4, 0.5) is 0 Å². The van der Waals surface area contributed by atoms with Gasteiger partial charge in [0, 0.05) is 19.1 Å². The maximum absolute atomic E-state index is 5.59. The number of nitrogens with two attached hydrogens (primary N) is 1. The van der Waals surface area contributed by atoms with E-state index in [1.54, 1.807) is 0 Å². The molecule has 1 heterocycles. The summed E-state index contributed by atoms with van der Waals surface area (Å²) in [7, 11) is 0. The highest BCUT2D eigenvalue weighted by Gasteiger charge is 2.35. The van der Waals surface area contributed by atoms with Crippen LogP contribution in [0.2, 0.25) is 0 Å². The SMILES string of the molecule is C=C(CN)CN1CCC2CCCCC21. The first-order valence-electron chi connectivity index (χ1n) is 5.92. The quantitative estimate of drug-likeness (QED) is 0.694. The van der Waals surface area contributed by atoms with Crippen LogP contribution in [0.1, 0.15) is 32.1 Å². The minimum atomic E-state index is 0.647. The molecule has 80 valence electrons. The van der Waals surface area contributed by atoms with E-state index >= 15 is 0 Å². The molecule has 1 saturated heterocycles. The Kier molecular flexibility index (Phi) is 3.24. The Bertz CT molecular complexity index is 212. The summed E-state index contributed by atoms with van der Waals surface area (Å²) in [5, 5.41) is 0. The predicted octanol–water partition coefficient (Wildman–Crippen LogP) is 1.77. The smallest absolute Gasteiger partial charge is 0.0205 e. The second-order valence-electron chi connectivity index (χ2n) is 4.83. The molecule has 2 heteroatoms. The van der Waals surface area contributed by atoms with Crippen molar-refractivity contribution in [2.24, 2.45) is 11.7 Å². The van der Waals surface area contributed by atoms with Crippen LogP contribution < -0.4 is 5.73 Å². The van der Waals surface area contributed by atoms with E-state index in [1.165, 1.54) is 44.2 Å². The van der Waals surface area contributed by atoms with Crippen LogP contribution in [-0.4, -0.2) is 30.6 Å². The molecule has 2 fully saturated rings. The lowest BCUT2D eigenvalue weighted by Crippen LogP contribution is -2.36. The largest absolute Gasteiger partial charge is 0.327 e. The molecule has 2 N–H and O–H groups in total. The van der Waals surface area contributed by atoms with E-state index in [-0.39, 0.29) is 0 Å². The first-order chi connectivity index (χ1) is 6.81. The first-order valence-corrected chi connectivity index (χ1v) is 5.92. The fourth-order valence-corrected chi connectivity index (χ4v) is 3.05. The molecule has 0 radical (unpaired) electrons. The van der Waals surface area contributed by atoms with Crippen LogP contribution in [0.15, 0.2) is 12.2 Å². The summed E-state index contributed by atoms with van der Waals surface area (Å²) in [6.07, 6.45) is 7.14. The highest BCUT2D eigenvalue weighted by molar-refractivity contribution is 5.02. The Morgan fingerprint density at radius 2 is 2.07 bits per heavy atom. The molecule has 2 aliphatic rings. The summed E-state index contributed by atoms with van der Waals surface area (Å²) >= 11 is 0. The zero-order valence-electron chi connectivity index (χ0n) is 9.04. The second-order valence-corrected chi connectivity index (χ2v) is 4.83. The van der Waals surface area contributed by atoms with E-state index in [4.69, 9.17) is 5.73 Å². The molecule has 2 rings (SSSR count). The third-order valence-electron chi connectivity index (χ3n) is 3.84. The number of fused-ring (bicyclic) bond motifs is 1. The topological polar surface area (TPSA) is 29.3 Å². The predicted molar refractivity (Wildman–Crippen MR) is 60.1 cm³/mol. The van der Waals surface area contributed by atoms with Gasteiger partial charge in [0.15, 0.2) is 0 Å². The van der Waals surface area contributed by atoms with Crippen LogP contribution in [0.5, 0.6) is 0 Å². The summed E-state index contributed by atoms with van der Waals surface area (Å²) in [6.45, 7) is 6.97. The Balaban J connectivity index is 1.90. The van der Waals surface area contributed by atoms with Gasteiger partial charge in [-0.2, -0.15) is 0 Å². The highest BCUT2D eigenvalue weighted by atomic mass is 15.2. The van der Waals surface area contributed by atoms with Crippen molar-refractivity contribution in [1.29, 1.82) is 0 Å². The van der Waals surface area contributed by atoms with Crippen molar-refractivity contribution in [1.82, 2.24) is 4.90 Å². The fourth-order valence-electron chi connectivity index (χ4n) is 3.05. The third-order valence-corrected chi connectivity index (χ3v) is 3.84. The molecular weight excluding hydrogens is 172 g/mol. The van der Waals surface area contributed by atoms with Crippen molar-refractivity contribution in [2.75, 3.05) is 19.6 Å². The molecule has 0 bridgehead atoms. The number of hydrogen-bond acceptors (Lipinski definition) is 2. The Morgan fingerprint density at radius 3 is 2.86 bits per heavy atom. The van der Waals surface area contributed by atoms with Crippen molar-refractivity contribution in [3.8, 4) is 0 Å². The number of likely N-dealkylation sites (tertiary alicyclic amines) is 1. The highest BCUT2D eigenvalue weighted by Crippen LogP contribution is 2.36. The monoisotopic (exact) mass is 194 g/mol. The van der Waals surface area contributed by atoms with Gasteiger partial charge in [0.1, 0.15) is 0 Å². The molecule has 1 aliphatic carbocycles. The van der Waals surface area contributed by atoms with Crippen LogP contribution in [-0.2, 0) is 0 Å². The summed E-state index contributed by atoms with van der Waals surface area (Å²) in [5.41, 5.74) is 6.78. The molecule has 2 nitrogen and oxygen atoms in total. The van der Waals surface area contributed by atoms with Gasteiger partial charge in [0.05, 0.1) is 0 Å². The summed E-state index contributed by atoms with van der Waals surface area (Å²) in [4.78, 5) is 2.61. The van der Waals surface area contributed by atoms with E-state index < -0.39 is 0 Å². The van der Waals surface area contributed by atoms with Gasteiger partial charge < -0.3 is 5.73 Å². The van der Waals surface area contributed by atoms with Gasteiger partial charge in [-0.15, -0.1) is 0 Å². The van der Waals surface area contributed by atoms with Crippen LogP contribution >= 0.6 is 0 Å².